The molecule has 4 nitrogen and oxygen atoms in total. The molecule has 0 radical (unpaired) electrons. The molecule has 86 valence electrons. The third kappa shape index (κ3) is 4.04. The third-order valence-corrected chi connectivity index (χ3v) is 2.00. The number of carbonyl (C=O) groups is 1. The molecule has 0 saturated heterocycles. The Kier molecular flexibility index (Phi) is 4.39. The van der Waals surface area contributed by atoms with Gasteiger partial charge < -0.3 is 15.5 Å². The fourth-order valence-electron chi connectivity index (χ4n) is 1.21. The first-order valence-corrected chi connectivity index (χ1v) is 5.02. The Bertz CT molecular complexity index is 399. The average molecular weight is 221 g/mol. The molecular weight excluding hydrogens is 206 g/mol. The molecule has 0 saturated carbocycles. The summed E-state index contributed by atoms with van der Waals surface area (Å²) >= 11 is 0. The molecule has 0 heterocycles. The van der Waals surface area contributed by atoms with E-state index in [2.05, 4.69) is 5.32 Å². The maximum absolute atomic E-state index is 10.6. The number of amides is 1. The van der Waals surface area contributed by atoms with Crippen molar-refractivity contribution >= 4 is 12.0 Å². The maximum Gasteiger partial charge on any atom is 0.216 e. The van der Waals surface area contributed by atoms with Crippen LogP contribution in [0.15, 0.2) is 24.3 Å². The van der Waals surface area contributed by atoms with Crippen molar-refractivity contribution < 1.29 is 15.0 Å². The van der Waals surface area contributed by atoms with Crippen molar-refractivity contribution in [2.45, 2.75) is 13.3 Å². The summed E-state index contributed by atoms with van der Waals surface area (Å²) in [7, 11) is 0. The molecule has 0 spiro atoms. The quantitative estimate of drug-likeness (QED) is 0.677. The summed E-state index contributed by atoms with van der Waals surface area (Å²) in [5.41, 5.74) is 0.639. The minimum absolute atomic E-state index is 0.0351. The van der Waals surface area contributed by atoms with E-state index in [1.165, 1.54) is 19.1 Å². The fourth-order valence-corrected chi connectivity index (χ4v) is 1.21. The van der Waals surface area contributed by atoms with Gasteiger partial charge in [-0.3, -0.25) is 4.79 Å². The van der Waals surface area contributed by atoms with Gasteiger partial charge in [-0.15, -0.1) is 0 Å². The van der Waals surface area contributed by atoms with Gasteiger partial charge in [-0.05, 0) is 18.6 Å². The van der Waals surface area contributed by atoms with Gasteiger partial charge in [0, 0.05) is 25.1 Å². The number of hydrogen-bond donors (Lipinski definition) is 3. The molecule has 0 aromatic heterocycles. The summed E-state index contributed by atoms with van der Waals surface area (Å²) in [5, 5.41) is 21.2. The number of benzene rings is 1. The van der Waals surface area contributed by atoms with E-state index in [0.29, 0.717) is 18.5 Å². The van der Waals surface area contributed by atoms with Gasteiger partial charge in [0.25, 0.3) is 0 Å². The van der Waals surface area contributed by atoms with Crippen molar-refractivity contribution in [1.29, 1.82) is 0 Å². The summed E-state index contributed by atoms with van der Waals surface area (Å²) in [6.45, 7) is 2.04. The predicted molar refractivity (Wildman–Crippen MR) is 62.1 cm³/mol. The number of nitrogens with one attached hydrogen (secondary N) is 1. The van der Waals surface area contributed by atoms with Crippen LogP contribution >= 0.6 is 0 Å². The number of rotatable bonds is 4. The predicted octanol–water partition coefficient (Wildman–Crippen LogP) is 1.64. The largest absolute Gasteiger partial charge is 0.508 e. The highest BCUT2D eigenvalue weighted by molar-refractivity contribution is 5.72. The molecule has 3 N–H and O–H groups in total. The Morgan fingerprint density at radius 2 is 2.19 bits per heavy atom. The summed E-state index contributed by atoms with van der Waals surface area (Å²) in [5.74, 6) is 0.0181. The normalized spacial score (nSPS) is 10.6. The molecular formula is C12H15NO3. The fraction of sp³-hybridized carbons (Fsp3) is 0.250. The number of hydrogen-bond acceptors (Lipinski definition) is 3. The Hall–Kier alpha value is -1.97. The second kappa shape index (κ2) is 5.80. The molecule has 1 amide bonds. The van der Waals surface area contributed by atoms with Crippen LogP contribution in [-0.4, -0.2) is 22.7 Å². The minimum atomic E-state index is -0.0547. The van der Waals surface area contributed by atoms with Crippen LogP contribution in [0.1, 0.15) is 18.9 Å². The lowest BCUT2D eigenvalue weighted by Crippen LogP contribution is -2.20. The van der Waals surface area contributed by atoms with Crippen molar-refractivity contribution in [2.75, 3.05) is 6.54 Å². The molecule has 0 aliphatic carbocycles. The van der Waals surface area contributed by atoms with E-state index >= 15 is 0 Å². The van der Waals surface area contributed by atoms with Gasteiger partial charge in [0.2, 0.25) is 5.91 Å². The van der Waals surface area contributed by atoms with E-state index in [4.69, 9.17) is 5.11 Å². The number of aromatic hydroxyl groups is 2. The SMILES string of the molecule is CC(=O)NCCC=Cc1ccc(O)cc1O. The van der Waals surface area contributed by atoms with Gasteiger partial charge in [-0.25, -0.2) is 0 Å². The third-order valence-electron chi connectivity index (χ3n) is 2.00. The second-order valence-electron chi connectivity index (χ2n) is 3.42. The van der Waals surface area contributed by atoms with Crippen molar-refractivity contribution in [2.24, 2.45) is 0 Å². The maximum atomic E-state index is 10.6. The average Bonchev–Trinajstić information content (AvgIpc) is 2.20. The van der Waals surface area contributed by atoms with Gasteiger partial charge in [-0.2, -0.15) is 0 Å². The Balaban J connectivity index is 2.47. The van der Waals surface area contributed by atoms with E-state index in [9.17, 15) is 9.90 Å². The van der Waals surface area contributed by atoms with Crippen LogP contribution in [0.3, 0.4) is 0 Å². The van der Waals surface area contributed by atoms with E-state index in [1.54, 1.807) is 12.1 Å². The Labute approximate surface area is 94.2 Å². The molecule has 0 aliphatic heterocycles. The van der Waals surface area contributed by atoms with Crippen LogP contribution < -0.4 is 5.32 Å². The van der Waals surface area contributed by atoms with E-state index in [-0.39, 0.29) is 17.4 Å². The van der Waals surface area contributed by atoms with Crippen LogP contribution in [0.2, 0.25) is 0 Å². The summed E-state index contributed by atoms with van der Waals surface area (Å²) in [4.78, 5) is 10.6. The second-order valence-corrected chi connectivity index (χ2v) is 3.42. The van der Waals surface area contributed by atoms with E-state index < -0.39 is 0 Å². The molecule has 0 fully saturated rings. The molecule has 0 atom stereocenters. The van der Waals surface area contributed by atoms with E-state index in [0.717, 1.165) is 0 Å². The Morgan fingerprint density at radius 3 is 2.81 bits per heavy atom. The van der Waals surface area contributed by atoms with Crippen LogP contribution in [0.5, 0.6) is 11.5 Å². The topological polar surface area (TPSA) is 69.6 Å². The minimum Gasteiger partial charge on any atom is -0.508 e. The molecule has 1 aromatic carbocycles. The highest BCUT2D eigenvalue weighted by Crippen LogP contribution is 2.23. The van der Waals surface area contributed by atoms with Crippen LogP contribution in [-0.2, 0) is 4.79 Å². The van der Waals surface area contributed by atoms with Crippen molar-refractivity contribution in [1.82, 2.24) is 5.32 Å². The van der Waals surface area contributed by atoms with Gasteiger partial charge >= 0.3 is 0 Å². The van der Waals surface area contributed by atoms with Crippen LogP contribution in [0.25, 0.3) is 6.08 Å². The molecule has 1 aromatic rings. The van der Waals surface area contributed by atoms with Crippen LogP contribution in [0, 0.1) is 0 Å². The highest BCUT2D eigenvalue weighted by Gasteiger charge is 1.97. The first-order chi connectivity index (χ1) is 7.59. The number of carbonyl (C=O) groups excluding carboxylic acids is 1. The lowest BCUT2D eigenvalue weighted by molar-refractivity contribution is -0.118. The molecule has 16 heavy (non-hydrogen) atoms. The molecule has 0 bridgehead atoms. The molecule has 1 rings (SSSR count). The van der Waals surface area contributed by atoms with Gasteiger partial charge in [0.15, 0.2) is 0 Å². The van der Waals surface area contributed by atoms with Crippen molar-refractivity contribution in [3.63, 3.8) is 0 Å². The first-order valence-electron chi connectivity index (χ1n) is 5.02. The van der Waals surface area contributed by atoms with Gasteiger partial charge in [0.1, 0.15) is 11.5 Å². The summed E-state index contributed by atoms with van der Waals surface area (Å²) < 4.78 is 0. The van der Waals surface area contributed by atoms with Gasteiger partial charge in [-0.1, -0.05) is 12.2 Å². The summed E-state index contributed by atoms with van der Waals surface area (Å²) in [6, 6.07) is 4.42. The molecule has 0 unspecified atom stereocenters. The van der Waals surface area contributed by atoms with Crippen molar-refractivity contribution in [3.05, 3.63) is 29.8 Å². The zero-order valence-electron chi connectivity index (χ0n) is 9.10. The van der Waals surface area contributed by atoms with Crippen molar-refractivity contribution in [3.8, 4) is 11.5 Å². The molecule has 4 heteroatoms. The zero-order chi connectivity index (χ0) is 12.0. The number of phenolic OH excluding ortho intramolecular Hbond substituents is 2. The van der Waals surface area contributed by atoms with Gasteiger partial charge in [0.05, 0.1) is 0 Å². The Morgan fingerprint density at radius 1 is 1.44 bits per heavy atom. The highest BCUT2D eigenvalue weighted by atomic mass is 16.3. The smallest absolute Gasteiger partial charge is 0.216 e. The zero-order valence-corrected chi connectivity index (χ0v) is 9.10. The first kappa shape index (κ1) is 12.1. The monoisotopic (exact) mass is 221 g/mol. The lowest BCUT2D eigenvalue weighted by atomic mass is 10.1. The molecule has 0 aliphatic rings. The standard InChI is InChI=1S/C12H15NO3/c1-9(14)13-7-3-2-4-10-5-6-11(15)8-12(10)16/h2,4-6,8,15-16H,3,7H2,1H3,(H,13,14). The summed E-state index contributed by atoms with van der Waals surface area (Å²) in [6.07, 6.45) is 4.29. The van der Waals surface area contributed by atoms with E-state index in [1.807, 2.05) is 6.08 Å². The lowest BCUT2D eigenvalue weighted by Gasteiger charge is -2.00. The van der Waals surface area contributed by atoms with Crippen LogP contribution in [0.4, 0.5) is 0 Å². The number of phenols is 2.